The molecule has 130 valence electrons. The molecular formula is C19H19NO4S. The Bertz CT molecular complexity index is 836. The Morgan fingerprint density at radius 1 is 1.36 bits per heavy atom. The van der Waals surface area contributed by atoms with Crippen LogP contribution in [0.1, 0.15) is 26.4 Å². The molecule has 5 nitrogen and oxygen atoms in total. The number of ether oxygens (including phenoxy) is 2. The normalized spacial score (nSPS) is 19.2. The number of carbonyl (C=O) groups is 1. The van der Waals surface area contributed by atoms with Crippen molar-refractivity contribution in [1.82, 2.24) is 4.90 Å². The van der Waals surface area contributed by atoms with Crippen molar-refractivity contribution in [1.29, 1.82) is 0 Å². The Labute approximate surface area is 150 Å². The molecule has 0 saturated carbocycles. The molecule has 1 saturated heterocycles. The highest BCUT2D eigenvalue weighted by Gasteiger charge is 2.33. The van der Waals surface area contributed by atoms with Gasteiger partial charge in [0.1, 0.15) is 11.5 Å². The number of aryl methyl sites for hydroxylation is 1. The van der Waals surface area contributed by atoms with Crippen molar-refractivity contribution in [3.8, 4) is 11.5 Å². The fourth-order valence-electron chi connectivity index (χ4n) is 3.22. The molecule has 0 amide bonds. The average Bonchev–Trinajstić information content (AvgIpc) is 3.22. The van der Waals surface area contributed by atoms with Crippen LogP contribution in [0.25, 0.3) is 6.08 Å². The monoisotopic (exact) mass is 357 g/mol. The largest absolute Gasteiger partial charge is 0.507 e. The van der Waals surface area contributed by atoms with Crippen molar-refractivity contribution in [2.75, 3.05) is 26.3 Å². The van der Waals surface area contributed by atoms with Gasteiger partial charge in [-0.15, -0.1) is 11.3 Å². The van der Waals surface area contributed by atoms with Gasteiger partial charge in [-0.2, -0.15) is 0 Å². The Hall–Kier alpha value is -2.15. The van der Waals surface area contributed by atoms with Gasteiger partial charge >= 0.3 is 0 Å². The van der Waals surface area contributed by atoms with Gasteiger partial charge in [0.05, 0.1) is 24.3 Å². The van der Waals surface area contributed by atoms with Gasteiger partial charge in [-0.25, -0.2) is 0 Å². The minimum absolute atomic E-state index is 0.121. The first-order valence-electron chi connectivity index (χ1n) is 8.27. The van der Waals surface area contributed by atoms with E-state index < -0.39 is 0 Å². The highest BCUT2D eigenvalue weighted by molar-refractivity contribution is 7.10. The molecule has 0 unspecified atom stereocenters. The summed E-state index contributed by atoms with van der Waals surface area (Å²) in [6.07, 6.45) is 1.77. The molecule has 6 heteroatoms. The van der Waals surface area contributed by atoms with E-state index in [1.54, 1.807) is 23.5 Å². The summed E-state index contributed by atoms with van der Waals surface area (Å²) in [5.41, 5.74) is 1.96. The van der Waals surface area contributed by atoms with E-state index in [0.717, 1.165) is 23.5 Å². The Morgan fingerprint density at radius 2 is 2.16 bits per heavy atom. The van der Waals surface area contributed by atoms with Gasteiger partial charge in [0.25, 0.3) is 0 Å². The fourth-order valence-corrected chi connectivity index (χ4v) is 3.86. The van der Waals surface area contributed by atoms with Crippen molar-refractivity contribution in [3.63, 3.8) is 0 Å². The number of hydrogen-bond donors (Lipinski definition) is 1. The van der Waals surface area contributed by atoms with Gasteiger partial charge in [-0.05, 0) is 30.0 Å². The van der Waals surface area contributed by atoms with Gasteiger partial charge in [0, 0.05) is 30.6 Å². The smallest absolute Gasteiger partial charge is 0.232 e. The number of morpholine rings is 1. The van der Waals surface area contributed by atoms with Crippen molar-refractivity contribution in [2.45, 2.75) is 13.5 Å². The van der Waals surface area contributed by atoms with E-state index in [9.17, 15) is 9.90 Å². The first kappa shape index (κ1) is 16.3. The maximum absolute atomic E-state index is 12.8. The molecule has 2 aromatic rings. The molecule has 0 radical (unpaired) electrons. The number of nitrogens with zero attached hydrogens (tertiary/aromatic N) is 1. The number of allylic oxidation sites excluding steroid dienone is 1. The maximum atomic E-state index is 12.8. The number of phenolic OH excluding ortho intramolecular Hbond substituents is 1. The summed E-state index contributed by atoms with van der Waals surface area (Å²) in [6, 6.07) is 5.53. The fraction of sp³-hybridized carbons (Fsp3) is 0.316. The highest BCUT2D eigenvalue weighted by Crippen LogP contribution is 2.42. The number of thiophene rings is 1. The molecular weight excluding hydrogens is 338 g/mol. The molecule has 2 aliphatic rings. The van der Waals surface area contributed by atoms with E-state index >= 15 is 0 Å². The lowest BCUT2D eigenvalue weighted by molar-refractivity contribution is 0.0336. The number of rotatable bonds is 3. The standard InChI is InChI=1S/C19H19NO4S/c1-12-9-15(21)14(11-20-4-6-23-7-5-20)19-17(12)18(22)16(24-19)10-13-3-2-8-25-13/h2-3,8-10,21H,4-7,11H2,1H3/b16-10-. The highest BCUT2D eigenvalue weighted by atomic mass is 32.1. The van der Waals surface area contributed by atoms with Crippen molar-refractivity contribution >= 4 is 23.2 Å². The number of fused-ring (bicyclic) bond motifs is 1. The second-order valence-electron chi connectivity index (χ2n) is 6.24. The van der Waals surface area contributed by atoms with Crippen LogP contribution in [0.2, 0.25) is 0 Å². The topological polar surface area (TPSA) is 59.0 Å². The summed E-state index contributed by atoms with van der Waals surface area (Å²) in [7, 11) is 0. The van der Waals surface area contributed by atoms with Crippen LogP contribution in [0.3, 0.4) is 0 Å². The molecule has 1 N–H and O–H groups in total. The van der Waals surface area contributed by atoms with Crippen LogP contribution < -0.4 is 4.74 Å². The summed E-state index contributed by atoms with van der Waals surface area (Å²) in [4.78, 5) is 16.0. The van der Waals surface area contributed by atoms with Gasteiger partial charge in [-0.1, -0.05) is 6.07 Å². The van der Waals surface area contributed by atoms with E-state index in [-0.39, 0.29) is 11.5 Å². The SMILES string of the molecule is Cc1cc(O)c(CN2CCOCC2)c2c1C(=O)/C(=C/c1cccs1)O2. The zero-order chi connectivity index (χ0) is 17.4. The third-order valence-electron chi connectivity index (χ3n) is 4.52. The molecule has 1 aromatic carbocycles. The molecule has 4 rings (SSSR count). The number of carbonyl (C=O) groups excluding carboxylic acids is 1. The van der Waals surface area contributed by atoms with Crippen LogP contribution in [-0.2, 0) is 11.3 Å². The third kappa shape index (κ3) is 3.08. The van der Waals surface area contributed by atoms with Gasteiger partial charge in [0.15, 0.2) is 5.76 Å². The molecule has 0 aliphatic carbocycles. The number of benzene rings is 1. The van der Waals surface area contributed by atoms with E-state index in [0.29, 0.717) is 42.4 Å². The summed E-state index contributed by atoms with van der Waals surface area (Å²) in [6.45, 7) is 5.32. The third-order valence-corrected chi connectivity index (χ3v) is 5.34. The molecule has 0 atom stereocenters. The molecule has 25 heavy (non-hydrogen) atoms. The van der Waals surface area contributed by atoms with E-state index in [1.807, 2.05) is 24.4 Å². The molecule has 2 aliphatic heterocycles. The van der Waals surface area contributed by atoms with Gasteiger partial charge in [-0.3, -0.25) is 9.69 Å². The number of aromatic hydroxyl groups is 1. The maximum Gasteiger partial charge on any atom is 0.232 e. The summed E-state index contributed by atoms with van der Waals surface area (Å²) in [5.74, 6) is 0.864. The second-order valence-corrected chi connectivity index (χ2v) is 7.22. The lowest BCUT2D eigenvalue weighted by atomic mass is 9.99. The van der Waals surface area contributed by atoms with Gasteiger partial charge in [0.2, 0.25) is 5.78 Å². The number of phenols is 1. The van der Waals surface area contributed by atoms with Crippen LogP contribution in [0, 0.1) is 6.92 Å². The minimum atomic E-state index is -0.121. The van der Waals surface area contributed by atoms with Crippen LogP contribution >= 0.6 is 11.3 Å². The Morgan fingerprint density at radius 3 is 2.88 bits per heavy atom. The molecule has 3 heterocycles. The first-order chi connectivity index (χ1) is 12.1. The number of hydrogen-bond acceptors (Lipinski definition) is 6. The molecule has 0 bridgehead atoms. The Kier molecular flexibility index (Phi) is 4.33. The number of ketones is 1. The van der Waals surface area contributed by atoms with E-state index in [2.05, 4.69) is 4.90 Å². The second kappa shape index (κ2) is 6.63. The average molecular weight is 357 g/mol. The molecule has 1 fully saturated rings. The zero-order valence-corrected chi connectivity index (χ0v) is 14.8. The minimum Gasteiger partial charge on any atom is -0.507 e. The summed E-state index contributed by atoms with van der Waals surface area (Å²) in [5, 5.41) is 12.4. The lowest BCUT2D eigenvalue weighted by Gasteiger charge is -2.27. The van der Waals surface area contributed by atoms with Crippen LogP contribution in [0.15, 0.2) is 29.3 Å². The molecule has 1 aromatic heterocycles. The summed E-state index contributed by atoms with van der Waals surface area (Å²) >= 11 is 1.55. The van der Waals surface area contributed by atoms with Crippen LogP contribution in [0.5, 0.6) is 11.5 Å². The number of Topliss-reactive ketones (excluding diaryl/α,β-unsaturated/α-hetero) is 1. The van der Waals surface area contributed by atoms with E-state index in [1.165, 1.54) is 0 Å². The van der Waals surface area contributed by atoms with Crippen molar-refractivity contribution in [2.24, 2.45) is 0 Å². The van der Waals surface area contributed by atoms with Crippen LogP contribution in [0.4, 0.5) is 0 Å². The van der Waals surface area contributed by atoms with Crippen LogP contribution in [-0.4, -0.2) is 42.1 Å². The van der Waals surface area contributed by atoms with Gasteiger partial charge < -0.3 is 14.6 Å². The lowest BCUT2D eigenvalue weighted by Crippen LogP contribution is -2.35. The zero-order valence-electron chi connectivity index (χ0n) is 13.9. The Balaban J connectivity index is 1.71. The predicted octanol–water partition coefficient (Wildman–Crippen LogP) is 3.21. The predicted molar refractivity (Wildman–Crippen MR) is 96.2 cm³/mol. The first-order valence-corrected chi connectivity index (χ1v) is 9.15. The summed E-state index contributed by atoms with van der Waals surface area (Å²) < 4.78 is 11.3. The quantitative estimate of drug-likeness (QED) is 0.855. The van der Waals surface area contributed by atoms with E-state index in [4.69, 9.17) is 9.47 Å². The van der Waals surface area contributed by atoms with Crippen molar-refractivity contribution < 1.29 is 19.4 Å². The molecule has 0 spiro atoms. The van der Waals surface area contributed by atoms with Crippen molar-refractivity contribution in [3.05, 3.63) is 50.9 Å².